The zero-order valence-electron chi connectivity index (χ0n) is 10.5. The molecule has 0 spiro atoms. The van der Waals surface area contributed by atoms with Gasteiger partial charge in [-0.25, -0.2) is 5.48 Å². The van der Waals surface area contributed by atoms with Crippen molar-refractivity contribution in [3.63, 3.8) is 0 Å². The van der Waals surface area contributed by atoms with Crippen molar-refractivity contribution in [1.29, 1.82) is 0 Å². The number of hydroxylamine groups is 1. The van der Waals surface area contributed by atoms with E-state index in [4.69, 9.17) is 5.21 Å². The Bertz CT molecular complexity index is 406. The molecule has 0 heterocycles. The predicted molar refractivity (Wildman–Crippen MR) is 67.0 cm³/mol. The molecular weight excluding hydrogens is 232 g/mol. The van der Waals surface area contributed by atoms with Crippen molar-refractivity contribution in [1.82, 2.24) is 10.8 Å². The Morgan fingerprint density at radius 2 is 1.83 bits per heavy atom. The maximum atomic E-state index is 12.0. The van der Waals surface area contributed by atoms with Crippen LogP contribution in [0.15, 0.2) is 30.3 Å². The molecule has 0 bridgehead atoms. The maximum Gasteiger partial charge on any atom is 0.265 e. The molecule has 3 N–H and O–H groups in total. The van der Waals surface area contributed by atoms with Crippen molar-refractivity contribution in [3.8, 4) is 0 Å². The molecule has 5 nitrogen and oxygen atoms in total. The largest absolute Gasteiger partial charge is 0.344 e. The van der Waals surface area contributed by atoms with E-state index in [-0.39, 0.29) is 11.8 Å². The lowest BCUT2D eigenvalue weighted by molar-refractivity contribution is -0.134. The van der Waals surface area contributed by atoms with Crippen molar-refractivity contribution >= 4 is 11.8 Å². The van der Waals surface area contributed by atoms with E-state index < -0.39 is 11.9 Å². The molecule has 5 heteroatoms. The van der Waals surface area contributed by atoms with Crippen molar-refractivity contribution < 1.29 is 14.8 Å². The van der Waals surface area contributed by atoms with Gasteiger partial charge in [-0.1, -0.05) is 37.3 Å². The van der Waals surface area contributed by atoms with Gasteiger partial charge < -0.3 is 5.32 Å². The van der Waals surface area contributed by atoms with Gasteiger partial charge in [-0.3, -0.25) is 14.8 Å². The molecule has 1 rings (SSSR count). The van der Waals surface area contributed by atoms with Crippen LogP contribution >= 0.6 is 0 Å². The molecule has 2 atom stereocenters. The minimum Gasteiger partial charge on any atom is -0.344 e. The molecule has 1 aromatic rings. The Morgan fingerprint density at radius 3 is 2.33 bits per heavy atom. The van der Waals surface area contributed by atoms with E-state index in [9.17, 15) is 9.59 Å². The van der Waals surface area contributed by atoms with Crippen molar-refractivity contribution in [3.05, 3.63) is 35.9 Å². The van der Waals surface area contributed by atoms with Gasteiger partial charge in [0.25, 0.3) is 5.91 Å². The number of benzene rings is 1. The number of amides is 2. The van der Waals surface area contributed by atoms with Crippen LogP contribution in [0.1, 0.15) is 31.7 Å². The Labute approximate surface area is 106 Å². The predicted octanol–water partition coefficient (Wildman–Crippen LogP) is 1.19. The van der Waals surface area contributed by atoms with Crippen LogP contribution in [0, 0.1) is 0 Å². The second-order valence-electron chi connectivity index (χ2n) is 4.08. The van der Waals surface area contributed by atoms with Crippen LogP contribution in [0.2, 0.25) is 0 Å². The van der Waals surface area contributed by atoms with Crippen molar-refractivity contribution in [2.75, 3.05) is 0 Å². The molecule has 0 radical (unpaired) electrons. The molecule has 2 amide bonds. The first-order chi connectivity index (χ1) is 8.60. The lowest BCUT2D eigenvalue weighted by atomic mass is 9.95. The van der Waals surface area contributed by atoms with Gasteiger partial charge in [0, 0.05) is 0 Å². The SMILES string of the molecule is CC[C@H](C(=O)N[C@H](C)C(=O)NO)c1ccccc1. The van der Waals surface area contributed by atoms with Gasteiger partial charge in [0.1, 0.15) is 6.04 Å². The highest BCUT2D eigenvalue weighted by atomic mass is 16.5. The topological polar surface area (TPSA) is 78.4 Å². The highest BCUT2D eigenvalue weighted by Gasteiger charge is 2.22. The summed E-state index contributed by atoms with van der Waals surface area (Å²) in [6.07, 6.45) is 0.642. The van der Waals surface area contributed by atoms with E-state index in [2.05, 4.69) is 5.32 Å². The average Bonchev–Trinajstić information content (AvgIpc) is 2.39. The molecule has 0 aliphatic carbocycles. The van der Waals surface area contributed by atoms with Crippen LogP contribution in [-0.2, 0) is 9.59 Å². The molecule has 0 aliphatic heterocycles. The quantitative estimate of drug-likeness (QED) is 0.542. The van der Waals surface area contributed by atoms with Crippen LogP contribution in [0.4, 0.5) is 0 Å². The molecule has 18 heavy (non-hydrogen) atoms. The van der Waals surface area contributed by atoms with Crippen LogP contribution in [0.5, 0.6) is 0 Å². The summed E-state index contributed by atoms with van der Waals surface area (Å²) in [7, 11) is 0. The Morgan fingerprint density at radius 1 is 1.22 bits per heavy atom. The third-order valence-electron chi connectivity index (χ3n) is 2.79. The normalized spacial score (nSPS) is 13.5. The molecule has 98 valence electrons. The maximum absolute atomic E-state index is 12.0. The summed E-state index contributed by atoms with van der Waals surface area (Å²) in [6.45, 7) is 3.43. The summed E-state index contributed by atoms with van der Waals surface area (Å²) in [4.78, 5) is 23.2. The summed E-state index contributed by atoms with van der Waals surface area (Å²) in [5.41, 5.74) is 2.42. The number of carbonyl (C=O) groups is 2. The Hall–Kier alpha value is -1.88. The first kappa shape index (κ1) is 14.2. The molecule has 0 fully saturated rings. The average molecular weight is 250 g/mol. The van der Waals surface area contributed by atoms with Gasteiger partial charge in [-0.2, -0.15) is 0 Å². The molecule has 0 aliphatic rings. The van der Waals surface area contributed by atoms with Gasteiger partial charge in [-0.15, -0.1) is 0 Å². The van der Waals surface area contributed by atoms with Gasteiger partial charge in [0.15, 0.2) is 0 Å². The monoisotopic (exact) mass is 250 g/mol. The fourth-order valence-electron chi connectivity index (χ4n) is 1.73. The highest BCUT2D eigenvalue weighted by molar-refractivity contribution is 5.89. The van der Waals surface area contributed by atoms with Gasteiger partial charge >= 0.3 is 0 Å². The van der Waals surface area contributed by atoms with Crippen LogP contribution < -0.4 is 10.8 Å². The van der Waals surface area contributed by atoms with E-state index in [0.717, 1.165) is 5.56 Å². The zero-order valence-corrected chi connectivity index (χ0v) is 10.5. The molecule has 0 saturated carbocycles. The van der Waals surface area contributed by atoms with E-state index in [1.807, 2.05) is 37.3 Å². The van der Waals surface area contributed by atoms with Crippen molar-refractivity contribution in [2.45, 2.75) is 32.2 Å². The van der Waals surface area contributed by atoms with E-state index in [0.29, 0.717) is 6.42 Å². The van der Waals surface area contributed by atoms with Crippen LogP contribution in [0.25, 0.3) is 0 Å². The summed E-state index contributed by atoms with van der Waals surface area (Å²) in [5.74, 6) is -1.15. The summed E-state index contributed by atoms with van der Waals surface area (Å²) in [5, 5.41) is 11.0. The minimum absolute atomic E-state index is 0.222. The third kappa shape index (κ3) is 3.56. The number of carbonyl (C=O) groups excluding carboxylic acids is 2. The number of nitrogens with one attached hydrogen (secondary N) is 2. The van der Waals surface area contributed by atoms with Crippen LogP contribution in [0.3, 0.4) is 0 Å². The van der Waals surface area contributed by atoms with E-state index in [1.54, 1.807) is 0 Å². The first-order valence-corrected chi connectivity index (χ1v) is 5.89. The van der Waals surface area contributed by atoms with E-state index in [1.165, 1.54) is 12.4 Å². The highest BCUT2D eigenvalue weighted by Crippen LogP contribution is 2.19. The zero-order chi connectivity index (χ0) is 13.5. The van der Waals surface area contributed by atoms with Crippen LogP contribution in [-0.4, -0.2) is 23.1 Å². The summed E-state index contributed by atoms with van der Waals surface area (Å²) in [6, 6.07) is 8.62. The fraction of sp³-hybridized carbons (Fsp3) is 0.385. The molecule has 0 aromatic heterocycles. The second-order valence-corrected chi connectivity index (χ2v) is 4.08. The van der Waals surface area contributed by atoms with Gasteiger partial charge in [0.2, 0.25) is 5.91 Å². The van der Waals surface area contributed by atoms with Crippen molar-refractivity contribution in [2.24, 2.45) is 0 Å². The van der Waals surface area contributed by atoms with E-state index >= 15 is 0 Å². The Kier molecular flexibility index (Phi) is 5.32. The molecular formula is C13H18N2O3. The molecule has 1 aromatic carbocycles. The van der Waals surface area contributed by atoms with Gasteiger partial charge in [-0.05, 0) is 18.9 Å². The smallest absolute Gasteiger partial charge is 0.265 e. The second kappa shape index (κ2) is 6.76. The van der Waals surface area contributed by atoms with Gasteiger partial charge in [0.05, 0.1) is 5.92 Å². The third-order valence-corrected chi connectivity index (χ3v) is 2.79. The lowest BCUT2D eigenvalue weighted by Gasteiger charge is -2.18. The Balaban J connectivity index is 2.72. The summed E-state index contributed by atoms with van der Waals surface area (Å²) < 4.78 is 0. The number of hydrogen-bond donors (Lipinski definition) is 3. The standard InChI is InChI=1S/C13H18N2O3/c1-3-11(10-7-5-4-6-8-10)13(17)14-9(2)12(16)15-18/h4-9,11,18H,3H2,1-2H3,(H,14,17)(H,15,16)/t9-,11+/m1/s1. The number of rotatable bonds is 5. The molecule has 0 unspecified atom stereocenters. The first-order valence-electron chi connectivity index (χ1n) is 5.89. The summed E-state index contributed by atoms with van der Waals surface area (Å²) >= 11 is 0. The molecule has 0 saturated heterocycles. The lowest BCUT2D eigenvalue weighted by Crippen LogP contribution is -2.45. The number of hydrogen-bond acceptors (Lipinski definition) is 3. The minimum atomic E-state index is -0.764. The fourth-order valence-corrected chi connectivity index (χ4v) is 1.73.